The highest BCUT2D eigenvalue weighted by Crippen LogP contribution is 2.36. The number of fused-ring (bicyclic) bond motifs is 1. The third-order valence-electron chi connectivity index (χ3n) is 2.26. The summed E-state index contributed by atoms with van der Waals surface area (Å²) < 4.78 is 18.7. The zero-order valence-electron chi connectivity index (χ0n) is 8.37. The molecule has 0 bridgehead atoms. The van der Waals surface area contributed by atoms with E-state index in [1.807, 2.05) is 0 Å². The number of carbonyl (C=O) groups is 1. The van der Waals surface area contributed by atoms with Gasteiger partial charge in [-0.1, -0.05) is 6.08 Å². The second-order valence-electron chi connectivity index (χ2n) is 3.32. The molecule has 0 aromatic heterocycles. The Morgan fingerprint density at radius 1 is 1.62 bits per heavy atom. The number of amides is 1. The molecule has 0 fully saturated rings. The number of hydrogen-bond acceptors (Lipinski definition) is 2. The minimum Gasteiger partial charge on any atom is -0.481 e. The Balaban J connectivity index is 2.50. The maximum Gasteiger partial charge on any atom is 0.265 e. The fourth-order valence-electron chi connectivity index (χ4n) is 1.53. The largest absolute Gasteiger partial charge is 0.481 e. The van der Waals surface area contributed by atoms with Gasteiger partial charge in [-0.2, -0.15) is 0 Å². The van der Waals surface area contributed by atoms with Crippen molar-refractivity contribution in [1.82, 2.24) is 0 Å². The van der Waals surface area contributed by atoms with Crippen LogP contribution in [0.3, 0.4) is 0 Å². The molecule has 5 heteroatoms. The van der Waals surface area contributed by atoms with Gasteiger partial charge in [0.1, 0.15) is 11.6 Å². The summed E-state index contributed by atoms with van der Waals surface area (Å²) in [4.78, 5) is 13.1. The quantitative estimate of drug-likeness (QED) is 0.782. The predicted octanol–water partition coefficient (Wildman–Crippen LogP) is 2.50. The van der Waals surface area contributed by atoms with Crippen molar-refractivity contribution in [2.45, 2.75) is 0 Å². The monoisotopic (exact) mass is 285 g/mol. The molecule has 1 aliphatic rings. The van der Waals surface area contributed by atoms with Crippen molar-refractivity contribution in [2.24, 2.45) is 0 Å². The number of halogens is 2. The fourth-order valence-corrected chi connectivity index (χ4v) is 1.86. The number of ether oxygens (including phenoxy) is 1. The lowest BCUT2D eigenvalue weighted by molar-refractivity contribution is -0.121. The second kappa shape index (κ2) is 4.25. The molecule has 1 aromatic rings. The smallest absolute Gasteiger partial charge is 0.265 e. The summed E-state index contributed by atoms with van der Waals surface area (Å²) >= 11 is 3.08. The second-order valence-corrected chi connectivity index (χ2v) is 4.17. The van der Waals surface area contributed by atoms with Gasteiger partial charge < -0.3 is 9.64 Å². The lowest BCUT2D eigenvalue weighted by atomic mass is 10.2. The van der Waals surface area contributed by atoms with Crippen LogP contribution in [0.5, 0.6) is 5.75 Å². The van der Waals surface area contributed by atoms with E-state index in [4.69, 9.17) is 4.74 Å². The Hall–Kier alpha value is -1.36. The summed E-state index contributed by atoms with van der Waals surface area (Å²) in [5.74, 6) is -0.195. The van der Waals surface area contributed by atoms with Crippen molar-refractivity contribution in [1.29, 1.82) is 0 Å². The van der Waals surface area contributed by atoms with E-state index < -0.39 is 5.82 Å². The van der Waals surface area contributed by atoms with Gasteiger partial charge in [0.25, 0.3) is 5.91 Å². The minimum atomic E-state index is -0.411. The Kier molecular flexibility index (Phi) is 2.96. The molecular formula is C11H9BrFNO2. The van der Waals surface area contributed by atoms with E-state index in [0.29, 0.717) is 22.5 Å². The van der Waals surface area contributed by atoms with Gasteiger partial charge >= 0.3 is 0 Å². The number of benzene rings is 1. The number of nitrogens with zero attached hydrogens (tertiary/aromatic N) is 1. The zero-order valence-corrected chi connectivity index (χ0v) is 9.96. The molecule has 3 nitrogen and oxygen atoms in total. The highest BCUT2D eigenvalue weighted by atomic mass is 79.9. The normalized spacial score (nSPS) is 14.4. The maximum absolute atomic E-state index is 13.3. The molecule has 0 atom stereocenters. The van der Waals surface area contributed by atoms with Gasteiger partial charge in [-0.15, -0.1) is 6.58 Å². The van der Waals surface area contributed by atoms with E-state index in [9.17, 15) is 9.18 Å². The SMILES string of the molecule is C=CCN1C(=O)COc2cc(F)c(Br)cc21. The molecule has 0 aliphatic carbocycles. The van der Waals surface area contributed by atoms with Gasteiger partial charge in [0.05, 0.1) is 10.2 Å². The van der Waals surface area contributed by atoms with Crippen molar-refractivity contribution in [3.63, 3.8) is 0 Å². The van der Waals surface area contributed by atoms with Gasteiger partial charge in [-0.3, -0.25) is 4.79 Å². The standard InChI is InChI=1S/C11H9BrFNO2/c1-2-3-14-9-4-7(12)8(13)5-10(9)16-6-11(14)15/h2,4-5H,1,3,6H2. The van der Waals surface area contributed by atoms with Crippen LogP contribution in [-0.2, 0) is 4.79 Å². The first-order valence-electron chi connectivity index (χ1n) is 4.66. The number of anilines is 1. The lowest BCUT2D eigenvalue weighted by Crippen LogP contribution is -2.38. The van der Waals surface area contributed by atoms with E-state index in [1.165, 1.54) is 17.0 Å². The molecule has 0 N–H and O–H groups in total. The number of rotatable bonds is 2. The predicted molar refractivity (Wildman–Crippen MR) is 62.1 cm³/mol. The summed E-state index contributed by atoms with van der Waals surface area (Å²) in [5.41, 5.74) is 0.560. The molecular weight excluding hydrogens is 277 g/mol. The van der Waals surface area contributed by atoms with Crippen LogP contribution in [0.2, 0.25) is 0 Å². The first-order chi connectivity index (χ1) is 7.63. The van der Waals surface area contributed by atoms with Gasteiger partial charge in [-0.25, -0.2) is 4.39 Å². The molecule has 0 saturated heterocycles. The Morgan fingerprint density at radius 3 is 3.06 bits per heavy atom. The highest BCUT2D eigenvalue weighted by molar-refractivity contribution is 9.10. The first-order valence-corrected chi connectivity index (χ1v) is 5.46. The number of carbonyl (C=O) groups excluding carboxylic acids is 1. The molecule has 0 radical (unpaired) electrons. The van der Waals surface area contributed by atoms with Gasteiger partial charge in [0.15, 0.2) is 6.61 Å². The van der Waals surface area contributed by atoms with Crippen LogP contribution in [0.15, 0.2) is 29.3 Å². The van der Waals surface area contributed by atoms with Crippen LogP contribution in [-0.4, -0.2) is 19.1 Å². The van der Waals surface area contributed by atoms with E-state index >= 15 is 0 Å². The molecule has 1 aromatic carbocycles. The minimum absolute atomic E-state index is 0.0675. The lowest BCUT2D eigenvalue weighted by Gasteiger charge is -2.28. The van der Waals surface area contributed by atoms with E-state index in [-0.39, 0.29) is 12.5 Å². The molecule has 1 heterocycles. The molecule has 84 valence electrons. The Bertz CT molecular complexity index is 462. The summed E-state index contributed by atoms with van der Waals surface area (Å²) in [6.07, 6.45) is 1.62. The van der Waals surface area contributed by atoms with Crippen molar-refractivity contribution in [3.8, 4) is 5.75 Å². The fraction of sp³-hybridized carbons (Fsp3) is 0.182. The van der Waals surface area contributed by atoms with Crippen LogP contribution < -0.4 is 9.64 Å². The third-order valence-corrected chi connectivity index (χ3v) is 2.86. The summed E-state index contributed by atoms with van der Waals surface area (Å²) in [5, 5.41) is 0. The Morgan fingerprint density at radius 2 is 2.38 bits per heavy atom. The molecule has 0 saturated carbocycles. The maximum atomic E-state index is 13.3. The molecule has 0 unspecified atom stereocenters. The Labute approximate surface area is 101 Å². The van der Waals surface area contributed by atoms with Crippen LogP contribution in [0, 0.1) is 5.82 Å². The average molecular weight is 286 g/mol. The molecule has 2 rings (SSSR count). The van der Waals surface area contributed by atoms with Crippen molar-refractivity contribution in [2.75, 3.05) is 18.1 Å². The molecule has 1 aliphatic heterocycles. The topological polar surface area (TPSA) is 29.5 Å². The molecule has 1 amide bonds. The van der Waals surface area contributed by atoms with Gasteiger partial charge in [0, 0.05) is 12.6 Å². The van der Waals surface area contributed by atoms with Gasteiger partial charge in [-0.05, 0) is 22.0 Å². The van der Waals surface area contributed by atoms with Crippen LogP contribution in [0.4, 0.5) is 10.1 Å². The van der Waals surface area contributed by atoms with Gasteiger partial charge in [0.2, 0.25) is 0 Å². The summed E-state index contributed by atoms with van der Waals surface area (Å²) in [7, 11) is 0. The van der Waals surface area contributed by atoms with E-state index in [2.05, 4.69) is 22.5 Å². The molecule has 0 spiro atoms. The zero-order chi connectivity index (χ0) is 11.7. The summed E-state index contributed by atoms with van der Waals surface area (Å²) in [6.45, 7) is 3.90. The van der Waals surface area contributed by atoms with Crippen molar-refractivity contribution in [3.05, 3.63) is 35.1 Å². The van der Waals surface area contributed by atoms with Crippen molar-refractivity contribution < 1.29 is 13.9 Å². The van der Waals surface area contributed by atoms with Crippen LogP contribution in [0.1, 0.15) is 0 Å². The van der Waals surface area contributed by atoms with Crippen LogP contribution >= 0.6 is 15.9 Å². The van der Waals surface area contributed by atoms with Crippen LogP contribution in [0.25, 0.3) is 0 Å². The van der Waals surface area contributed by atoms with E-state index in [0.717, 1.165) is 0 Å². The van der Waals surface area contributed by atoms with Crippen molar-refractivity contribution >= 4 is 27.5 Å². The van der Waals surface area contributed by atoms with E-state index in [1.54, 1.807) is 6.08 Å². The molecule has 16 heavy (non-hydrogen) atoms. The summed E-state index contributed by atoms with van der Waals surface area (Å²) in [6, 6.07) is 2.80. The third kappa shape index (κ3) is 1.82. The first kappa shape index (κ1) is 11.1. The highest BCUT2D eigenvalue weighted by Gasteiger charge is 2.25. The average Bonchev–Trinajstić information content (AvgIpc) is 2.25. The number of hydrogen-bond donors (Lipinski definition) is 0.